The summed E-state index contributed by atoms with van der Waals surface area (Å²) in [7, 11) is 0. The summed E-state index contributed by atoms with van der Waals surface area (Å²) in [5.74, 6) is 8.76. The standard InChI is InChI=1S/C14H25N5S/c1-10(2)11-5-4-7-19(8-6-11)13-9-12(18-15)16-14(17-13)20-3/h9-11H,4-8,15H2,1-3H3,(H,16,17,18). The molecule has 1 unspecified atom stereocenters. The zero-order valence-electron chi connectivity index (χ0n) is 12.6. The van der Waals surface area contributed by atoms with E-state index in [0.717, 1.165) is 35.9 Å². The van der Waals surface area contributed by atoms with Gasteiger partial charge in [0, 0.05) is 19.2 Å². The molecule has 1 aliphatic rings. The van der Waals surface area contributed by atoms with Gasteiger partial charge in [-0.15, -0.1) is 0 Å². The third kappa shape index (κ3) is 3.76. The first-order valence-electron chi connectivity index (χ1n) is 7.28. The van der Waals surface area contributed by atoms with Crippen LogP contribution in [0.3, 0.4) is 0 Å². The molecule has 6 heteroatoms. The van der Waals surface area contributed by atoms with Gasteiger partial charge in [-0.1, -0.05) is 25.6 Å². The van der Waals surface area contributed by atoms with E-state index in [9.17, 15) is 0 Å². The Morgan fingerprint density at radius 2 is 2.15 bits per heavy atom. The van der Waals surface area contributed by atoms with Gasteiger partial charge in [-0.25, -0.2) is 15.8 Å². The molecule has 1 aliphatic heterocycles. The number of rotatable bonds is 4. The monoisotopic (exact) mass is 295 g/mol. The van der Waals surface area contributed by atoms with Crippen LogP contribution in [0.5, 0.6) is 0 Å². The van der Waals surface area contributed by atoms with Crippen molar-refractivity contribution >= 4 is 23.4 Å². The van der Waals surface area contributed by atoms with Crippen molar-refractivity contribution < 1.29 is 0 Å². The maximum Gasteiger partial charge on any atom is 0.191 e. The summed E-state index contributed by atoms with van der Waals surface area (Å²) in [5.41, 5.74) is 2.63. The Balaban J connectivity index is 2.14. The fraction of sp³-hybridized carbons (Fsp3) is 0.714. The average molecular weight is 295 g/mol. The van der Waals surface area contributed by atoms with Crippen LogP contribution in [-0.4, -0.2) is 29.3 Å². The van der Waals surface area contributed by atoms with Crippen LogP contribution in [0.15, 0.2) is 11.2 Å². The summed E-state index contributed by atoms with van der Waals surface area (Å²) < 4.78 is 0. The molecule has 112 valence electrons. The Morgan fingerprint density at radius 3 is 2.80 bits per heavy atom. The van der Waals surface area contributed by atoms with E-state index in [-0.39, 0.29) is 0 Å². The Morgan fingerprint density at radius 1 is 1.35 bits per heavy atom. The molecule has 1 aromatic heterocycles. The van der Waals surface area contributed by atoms with Crippen molar-refractivity contribution in [1.29, 1.82) is 0 Å². The van der Waals surface area contributed by atoms with Gasteiger partial charge in [0.1, 0.15) is 11.6 Å². The molecule has 0 spiro atoms. The van der Waals surface area contributed by atoms with Gasteiger partial charge in [-0.2, -0.15) is 0 Å². The highest BCUT2D eigenvalue weighted by Crippen LogP contribution is 2.28. The van der Waals surface area contributed by atoms with Gasteiger partial charge >= 0.3 is 0 Å². The first-order valence-corrected chi connectivity index (χ1v) is 8.51. The number of thioether (sulfide) groups is 1. The van der Waals surface area contributed by atoms with E-state index in [1.807, 2.05) is 12.3 Å². The van der Waals surface area contributed by atoms with Crippen LogP contribution in [0, 0.1) is 11.8 Å². The minimum Gasteiger partial charge on any atom is -0.356 e. The molecule has 2 rings (SSSR count). The molecule has 2 heterocycles. The van der Waals surface area contributed by atoms with Crippen molar-refractivity contribution in [2.75, 3.05) is 29.7 Å². The summed E-state index contributed by atoms with van der Waals surface area (Å²) in [5, 5.41) is 0.764. The fourth-order valence-electron chi connectivity index (χ4n) is 2.76. The molecule has 0 bridgehead atoms. The molecule has 1 atom stereocenters. The third-order valence-corrected chi connectivity index (χ3v) is 4.61. The fourth-order valence-corrected chi connectivity index (χ4v) is 3.13. The van der Waals surface area contributed by atoms with Crippen LogP contribution in [0.25, 0.3) is 0 Å². The third-order valence-electron chi connectivity index (χ3n) is 4.06. The normalized spacial score (nSPS) is 20.1. The van der Waals surface area contributed by atoms with Gasteiger partial charge in [0.15, 0.2) is 5.16 Å². The second-order valence-corrected chi connectivity index (χ2v) is 6.44. The molecular formula is C14H25N5S. The number of aromatic nitrogens is 2. The number of hydrazine groups is 1. The SMILES string of the molecule is CSc1nc(NN)cc(N2CCCC(C(C)C)CC2)n1. The second-order valence-electron chi connectivity index (χ2n) is 5.66. The lowest BCUT2D eigenvalue weighted by atomic mass is 9.89. The van der Waals surface area contributed by atoms with Gasteiger partial charge in [-0.05, 0) is 37.4 Å². The largest absolute Gasteiger partial charge is 0.356 e. The van der Waals surface area contributed by atoms with E-state index >= 15 is 0 Å². The van der Waals surface area contributed by atoms with Crippen LogP contribution in [0.4, 0.5) is 11.6 Å². The van der Waals surface area contributed by atoms with E-state index in [4.69, 9.17) is 5.84 Å². The van der Waals surface area contributed by atoms with Crippen LogP contribution >= 0.6 is 11.8 Å². The number of nitrogens with one attached hydrogen (secondary N) is 1. The number of nitrogen functional groups attached to an aromatic ring is 1. The van der Waals surface area contributed by atoms with E-state index in [1.165, 1.54) is 19.3 Å². The molecule has 20 heavy (non-hydrogen) atoms. The first kappa shape index (κ1) is 15.4. The smallest absolute Gasteiger partial charge is 0.191 e. The highest BCUT2D eigenvalue weighted by Gasteiger charge is 2.20. The highest BCUT2D eigenvalue weighted by molar-refractivity contribution is 7.98. The predicted octanol–water partition coefficient (Wildman–Crippen LogP) is 2.75. The van der Waals surface area contributed by atoms with Crippen LogP contribution in [0.1, 0.15) is 33.1 Å². The summed E-state index contributed by atoms with van der Waals surface area (Å²) in [4.78, 5) is 11.3. The van der Waals surface area contributed by atoms with Crippen molar-refractivity contribution in [3.63, 3.8) is 0 Å². The molecule has 0 aromatic carbocycles. The van der Waals surface area contributed by atoms with E-state index in [1.54, 1.807) is 11.8 Å². The van der Waals surface area contributed by atoms with Crippen molar-refractivity contribution in [3.05, 3.63) is 6.07 Å². The maximum absolute atomic E-state index is 5.50. The summed E-state index contributed by atoms with van der Waals surface area (Å²) in [6, 6.07) is 1.94. The average Bonchev–Trinajstić information content (AvgIpc) is 2.72. The molecule has 0 amide bonds. The van der Waals surface area contributed by atoms with Crippen molar-refractivity contribution in [2.45, 2.75) is 38.3 Å². The van der Waals surface area contributed by atoms with Gasteiger partial charge in [0.05, 0.1) is 0 Å². The molecule has 3 N–H and O–H groups in total. The zero-order chi connectivity index (χ0) is 14.5. The summed E-state index contributed by atoms with van der Waals surface area (Å²) >= 11 is 1.54. The van der Waals surface area contributed by atoms with Gasteiger partial charge in [0.25, 0.3) is 0 Å². The lowest BCUT2D eigenvalue weighted by Gasteiger charge is -2.23. The number of hydrogen-bond acceptors (Lipinski definition) is 6. The van der Waals surface area contributed by atoms with Crippen LogP contribution in [0.2, 0.25) is 0 Å². The van der Waals surface area contributed by atoms with E-state index < -0.39 is 0 Å². The van der Waals surface area contributed by atoms with E-state index in [2.05, 4.69) is 34.1 Å². The van der Waals surface area contributed by atoms with Crippen LogP contribution < -0.4 is 16.2 Å². The topological polar surface area (TPSA) is 67.1 Å². The van der Waals surface area contributed by atoms with Crippen molar-refractivity contribution in [1.82, 2.24) is 9.97 Å². The number of anilines is 2. The first-order chi connectivity index (χ1) is 9.63. The van der Waals surface area contributed by atoms with Crippen molar-refractivity contribution in [2.24, 2.45) is 17.7 Å². The Labute approximate surface area is 125 Å². The van der Waals surface area contributed by atoms with Crippen LogP contribution in [-0.2, 0) is 0 Å². The molecule has 0 radical (unpaired) electrons. The quantitative estimate of drug-likeness (QED) is 0.385. The Kier molecular flexibility index (Phi) is 5.48. The second kappa shape index (κ2) is 7.13. The minimum atomic E-state index is 0.684. The molecule has 1 fully saturated rings. The number of hydrogen-bond donors (Lipinski definition) is 2. The lowest BCUT2D eigenvalue weighted by molar-refractivity contribution is 0.351. The van der Waals surface area contributed by atoms with Gasteiger partial charge in [0.2, 0.25) is 0 Å². The molecule has 0 saturated carbocycles. The minimum absolute atomic E-state index is 0.684. The molecule has 5 nitrogen and oxygen atoms in total. The molecular weight excluding hydrogens is 270 g/mol. The number of nitrogens with zero attached hydrogens (tertiary/aromatic N) is 3. The predicted molar refractivity (Wildman–Crippen MR) is 86.0 cm³/mol. The Hall–Kier alpha value is -1.01. The lowest BCUT2D eigenvalue weighted by Crippen LogP contribution is -2.26. The molecule has 0 aliphatic carbocycles. The maximum atomic E-state index is 5.50. The molecule has 1 saturated heterocycles. The Bertz CT molecular complexity index is 415. The van der Waals surface area contributed by atoms with Crippen molar-refractivity contribution in [3.8, 4) is 0 Å². The van der Waals surface area contributed by atoms with E-state index in [0.29, 0.717) is 5.82 Å². The highest BCUT2D eigenvalue weighted by atomic mass is 32.2. The summed E-state index contributed by atoms with van der Waals surface area (Å²) in [6.07, 6.45) is 5.77. The van der Waals surface area contributed by atoms with Gasteiger partial charge in [-0.3, -0.25) is 0 Å². The van der Waals surface area contributed by atoms with Gasteiger partial charge < -0.3 is 10.3 Å². The zero-order valence-corrected chi connectivity index (χ0v) is 13.4. The number of nitrogens with two attached hydrogens (primary N) is 1. The summed E-state index contributed by atoms with van der Waals surface area (Å²) in [6.45, 7) is 6.79. The molecule has 1 aromatic rings.